The van der Waals surface area contributed by atoms with Crippen LogP contribution in [0.2, 0.25) is 0 Å². The minimum absolute atomic E-state index is 0.0964. The van der Waals surface area contributed by atoms with Crippen molar-refractivity contribution in [3.8, 4) is 0 Å². The Kier molecular flexibility index (Phi) is 2.91. The molecule has 0 fully saturated rings. The Bertz CT molecular complexity index is 7720. The summed E-state index contributed by atoms with van der Waals surface area (Å²) in [5, 5.41) is 86.2. The lowest BCUT2D eigenvalue weighted by Gasteiger charge is -2.49. The number of benzene rings is 19. The van der Waals surface area contributed by atoms with E-state index in [1.165, 1.54) is 119 Å². The van der Waals surface area contributed by atoms with Crippen molar-refractivity contribution in [1.82, 2.24) is 4.72 Å². The summed E-state index contributed by atoms with van der Waals surface area (Å²) < 4.78 is 35.8. The number of thiophene rings is 1. The van der Waals surface area contributed by atoms with E-state index < -0.39 is 21.5 Å². The predicted molar refractivity (Wildman–Crippen MR) is 323 cm³/mol. The van der Waals surface area contributed by atoms with Crippen molar-refractivity contribution in [3.63, 3.8) is 0 Å². The Morgan fingerprint density at radius 2 is 0.597 bits per heavy atom. The summed E-state index contributed by atoms with van der Waals surface area (Å²) >= 11 is 1.76. The second-order valence-corrected chi connectivity index (χ2v) is 29.7. The first kappa shape index (κ1) is 30.7. The van der Waals surface area contributed by atoms with Crippen LogP contribution in [0.5, 0.6) is 0 Å². The highest BCUT2D eigenvalue weighted by Crippen LogP contribution is 2.84. The molecule has 1 aromatic heterocycles. The van der Waals surface area contributed by atoms with Crippen molar-refractivity contribution in [2.24, 2.45) is 0 Å². The summed E-state index contributed by atoms with van der Waals surface area (Å²) in [5.74, 6) is -0.0964. The molecular formula is C72H13NO2S2. The first-order chi connectivity index (χ1) is 38.1. The van der Waals surface area contributed by atoms with Gasteiger partial charge in [-0.05, 0) is 344 Å². The number of rotatable bonds is 5. The minimum atomic E-state index is -4.08. The van der Waals surface area contributed by atoms with Crippen molar-refractivity contribution in [1.29, 1.82) is 0 Å². The monoisotopic (exact) mass is 987 g/mol. The highest BCUT2D eigenvalue weighted by Gasteiger charge is 2.66. The summed E-state index contributed by atoms with van der Waals surface area (Å²) in [5.41, 5.74) is 6.26. The Morgan fingerprint density at radius 3 is 0.870 bits per heavy atom. The standard InChI is InChI=1S/C72H13NO2S2/c1-9-4-6-10(7-5-9)77(74,75)73-71(11-3-2-8-76-11)72-68-64-58-44-36-28-16-13-12-14-17(16)29-31-27-21(14)23-19-15(12)18-22-20(13)26-30(28)42(44)50-48-34(26)32(22)40-38-24(18)25(19)39-41-33(23)35(27)49-51-43(31)45(37(29)36)59(58)65(68)61(51)63-55(49)53(41)57-47(39)46(38)56-52(40)54(48)62(60(50)64)69(72)66(56)67(57)70(63)72/h2-8,68,71,73H,1H3. The zero-order valence-electron chi connectivity index (χ0n) is 39.3. The zero-order chi connectivity index (χ0) is 46.7. The van der Waals surface area contributed by atoms with E-state index in [-0.39, 0.29) is 5.92 Å². The third-order valence-corrected chi connectivity index (χ3v) is 28.5. The Balaban J connectivity index is 1.06. The van der Waals surface area contributed by atoms with Crippen molar-refractivity contribution in [3.05, 3.63) is 74.5 Å². The number of hydrogen-bond acceptors (Lipinski definition) is 3. The summed E-state index contributed by atoms with van der Waals surface area (Å²) in [6, 6.07) is 11.5. The molecule has 0 bridgehead atoms. The number of nitrogens with one attached hydrogen (secondary N) is 1. The lowest BCUT2D eigenvalue weighted by Crippen LogP contribution is -2.49. The van der Waals surface area contributed by atoms with Gasteiger partial charge in [0, 0.05) is 10.8 Å². The van der Waals surface area contributed by atoms with Gasteiger partial charge in [-0.15, -0.1) is 11.3 Å². The number of aryl methyl sites for hydroxylation is 1. The molecule has 0 saturated carbocycles. The molecule has 330 valence electrons. The van der Waals surface area contributed by atoms with Crippen molar-refractivity contribution < 1.29 is 8.42 Å². The van der Waals surface area contributed by atoms with Crippen LogP contribution in [0, 0.1) is 6.92 Å². The maximum absolute atomic E-state index is 16.0. The van der Waals surface area contributed by atoms with Crippen LogP contribution in [-0.4, -0.2) is 8.42 Å². The van der Waals surface area contributed by atoms with Gasteiger partial charge in [0.05, 0.1) is 16.4 Å². The SMILES string of the molecule is Cc1ccc(S(=O)(=O)NC(c2cccs2)C23c4c5c6c7c8c9c(c%10c%11c2c2c4c4c%12c5c5c6c6c8c8c%13c9c9c%10c%10c%11c%11c2c2c4c4c%12c%12c5c5c6c8c6c8c%13c9c9c%10c%10c%11c2c2c4c4c%12c5c6c5c8c9c%10c2c45)C73)cc1. The molecule has 30 aromatic rings. The molecule has 0 amide bonds. The largest absolute Gasteiger partial charge is 0.241 e. The quantitative estimate of drug-likeness (QED) is 0.175. The Morgan fingerprint density at radius 1 is 0.351 bits per heavy atom. The fourth-order valence-corrected chi connectivity index (χ4v) is 27.7. The van der Waals surface area contributed by atoms with E-state index in [0.717, 1.165) is 10.4 Å². The average Bonchev–Trinajstić information content (AvgIpc) is 1.52. The van der Waals surface area contributed by atoms with Crippen molar-refractivity contribution in [2.45, 2.75) is 29.2 Å². The minimum Gasteiger partial charge on any atom is -0.207 e. The van der Waals surface area contributed by atoms with Gasteiger partial charge in [-0.3, -0.25) is 0 Å². The second-order valence-electron chi connectivity index (χ2n) is 27.0. The van der Waals surface area contributed by atoms with Crippen LogP contribution in [0.1, 0.15) is 44.7 Å². The summed E-state index contributed by atoms with van der Waals surface area (Å²) in [6.07, 6.45) is 0. The van der Waals surface area contributed by atoms with Crippen LogP contribution in [0.3, 0.4) is 0 Å². The molecule has 0 aliphatic heterocycles. The van der Waals surface area contributed by atoms with Crippen LogP contribution in [0.25, 0.3) is 291 Å². The first-order valence-corrected chi connectivity index (χ1v) is 30.3. The van der Waals surface area contributed by atoms with Gasteiger partial charge < -0.3 is 0 Å². The van der Waals surface area contributed by atoms with Gasteiger partial charge >= 0.3 is 0 Å². The zero-order valence-corrected chi connectivity index (χ0v) is 41.0. The molecule has 77 heavy (non-hydrogen) atoms. The van der Waals surface area contributed by atoms with Crippen molar-refractivity contribution >= 4 is 312 Å². The molecule has 3 nitrogen and oxygen atoms in total. The number of sulfonamides is 1. The van der Waals surface area contributed by atoms with E-state index in [0.29, 0.717) is 4.90 Å². The molecular weight excluding hydrogens is 975 g/mol. The van der Waals surface area contributed by atoms with Gasteiger partial charge in [0.15, 0.2) is 0 Å². The summed E-state index contributed by atoms with van der Waals surface area (Å²) in [7, 11) is -4.08. The molecule has 4 aliphatic carbocycles. The van der Waals surface area contributed by atoms with Gasteiger partial charge in [-0.2, -0.15) is 0 Å². The van der Waals surface area contributed by atoms with Crippen LogP contribution < -0.4 is 4.72 Å². The molecule has 4 aliphatic rings. The maximum atomic E-state index is 16.0. The lowest BCUT2D eigenvalue weighted by molar-refractivity contribution is 0.367. The lowest BCUT2D eigenvalue weighted by atomic mass is 9.54. The van der Waals surface area contributed by atoms with Gasteiger partial charge in [-0.25, -0.2) is 13.1 Å². The van der Waals surface area contributed by atoms with E-state index in [4.69, 9.17) is 0 Å². The third kappa shape index (κ3) is 1.84. The molecule has 0 spiro atoms. The van der Waals surface area contributed by atoms with E-state index in [2.05, 4.69) is 29.2 Å². The number of hydrogen-bond donors (Lipinski definition) is 1. The van der Waals surface area contributed by atoms with Gasteiger partial charge in [0.1, 0.15) is 0 Å². The fourth-order valence-electron chi connectivity index (χ4n) is 25.5. The van der Waals surface area contributed by atoms with E-state index in [1.54, 1.807) is 205 Å². The molecule has 1 unspecified atom stereocenters. The smallest absolute Gasteiger partial charge is 0.207 e. The average molecular weight is 988 g/mol. The molecule has 0 radical (unpaired) electrons. The third-order valence-electron chi connectivity index (χ3n) is 26.1. The Labute approximate surface area is 426 Å². The maximum Gasteiger partial charge on any atom is 0.241 e. The normalized spacial score (nSPS) is 20.6. The molecule has 34 rings (SSSR count). The fraction of sp³-hybridized carbons (Fsp3) is 0.0556. The van der Waals surface area contributed by atoms with Crippen LogP contribution in [-0.2, 0) is 15.4 Å². The highest BCUT2D eigenvalue weighted by molar-refractivity contribution is 7.89. The molecule has 1 atom stereocenters. The molecule has 1 heterocycles. The first-order valence-electron chi connectivity index (χ1n) is 27.9. The van der Waals surface area contributed by atoms with Gasteiger partial charge in [0.2, 0.25) is 10.0 Å². The van der Waals surface area contributed by atoms with Crippen molar-refractivity contribution in [2.75, 3.05) is 0 Å². The van der Waals surface area contributed by atoms with Crippen LogP contribution in [0.15, 0.2) is 46.7 Å². The van der Waals surface area contributed by atoms with E-state index >= 15 is 8.42 Å². The van der Waals surface area contributed by atoms with Crippen LogP contribution in [0.4, 0.5) is 0 Å². The highest BCUT2D eigenvalue weighted by atomic mass is 32.2. The molecule has 1 N–H and O–H groups in total. The topological polar surface area (TPSA) is 46.2 Å². The van der Waals surface area contributed by atoms with Gasteiger partial charge in [0.25, 0.3) is 0 Å². The Hall–Kier alpha value is -8.71. The van der Waals surface area contributed by atoms with Crippen LogP contribution >= 0.6 is 11.3 Å². The molecule has 29 aromatic carbocycles. The van der Waals surface area contributed by atoms with Gasteiger partial charge in [-0.1, -0.05) is 23.8 Å². The van der Waals surface area contributed by atoms with E-state index in [9.17, 15) is 0 Å². The molecule has 5 heteroatoms. The molecule has 0 saturated heterocycles. The summed E-state index contributed by atoms with van der Waals surface area (Å²) in [6.45, 7) is 2.05. The summed E-state index contributed by atoms with van der Waals surface area (Å²) in [4.78, 5) is 1.45. The predicted octanol–water partition coefficient (Wildman–Crippen LogP) is 19.2. The van der Waals surface area contributed by atoms with E-state index in [1.807, 2.05) is 24.3 Å². The second kappa shape index (κ2) is 7.30.